The number of anilines is 1. The zero-order valence-electron chi connectivity index (χ0n) is 8.31. The predicted molar refractivity (Wildman–Crippen MR) is 56.8 cm³/mol. The van der Waals surface area contributed by atoms with Crippen molar-refractivity contribution < 1.29 is 4.79 Å². The first-order valence-corrected chi connectivity index (χ1v) is 4.85. The molecule has 0 spiro atoms. The quantitative estimate of drug-likeness (QED) is 0.726. The molecule has 0 N–H and O–H groups in total. The number of nitrogens with zero attached hydrogens (tertiary/aromatic N) is 4. The molecule has 1 aliphatic heterocycles. The zero-order chi connectivity index (χ0) is 11.0. The fourth-order valence-electron chi connectivity index (χ4n) is 1.24. The van der Waals surface area contributed by atoms with Gasteiger partial charge in [-0.25, -0.2) is 0 Å². The number of carbonyl (C=O) groups is 1. The normalized spacial score (nSPS) is 20.7. The van der Waals surface area contributed by atoms with Crippen molar-refractivity contribution in [2.45, 2.75) is 13.8 Å². The minimum absolute atomic E-state index is 0.0934. The van der Waals surface area contributed by atoms with Gasteiger partial charge < -0.3 is 0 Å². The topological polar surface area (TPSA) is 58.5 Å². The van der Waals surface area contributed by atoms with Crippen LogP contribution in [0.4, 0.5) is 5.82 Å². The van der Waals surface area contributed by atoms with Gasteiger partial charge in [-0.05, 0) is 26.0 Å². The molecule has 0 radical (unpaired) electrons. The van der Waals surface area contributed by atoms with Crippen LogP contribution in [0, 0.1) is 5.92 Å². The van der Waals surface area contributed by atoms with Crippen molar-refractivity contribution in [3.05, 3.63) is 17.3 Å². The Kier molecular flexibility index (Phi) is 2.40. The van der Waals surface area contributed by atoms with Gasteiger partial charge in [0.15, 0.2) is 11.0 Å². The largest absolute Gasteiger partial charge is 0.272 e. The van der Waals surface area contributed by atoms with E-state index in [4.69, 9.17) is 11.6 Å². The van der Waals surface area contributed by atoms with Crippen LogP contribution in [0.1, 0.15) is 13.8 Å². The lowest BCUT2D eigenvalue weighted by Gasteiger charge is -2.10. The van der Waals surface area contributed by atoms with Crippen LogP contribution in [0.25, 0.3) is 0 Å². The third-order valence-corrected chi connectivity index (χ3v) is 2.50. The van der Waals surface area contributed by atoms with E-state index in [-0.39, 0.29) is 11.8 Å². The lowest BCUT2D eigenvalue weighted by atomic mass is 10.1. The second kappa shape index (κ2) is 3.58. The Bertz CT molecular complexity index is 428. The summed E-state index contributed by atoms with van der Waals surface area (Å²) < 4.78 is 0. The molecule has 1 unspecified atom stereocenters. The van der Waals surface area contributed by atoms with Crippen LogP contribution >= 0.6 is 11.6 Å². The Morgan fingerprint density at radius 1 is 1.40 bits per heavy atom. The van der Waals surface area contributed by atoms with Crippen LogP contribution < -0.4 is 5.01 Å². The first-order chi connectivity index (χ1) is 7.09. The monoisotopic (exact) mass is 224 g/mol. The molecule has 0 saturated heterocycles. The summed E-state index contributed by atoms with van der Waals surface area (Å²) in [6.07, 6.45) is 0. The Morgan fingerprint density at radius 3 is 2.60 bits per heavy atom. The summed E-state index contributed by atoms with van der Waals surface area (Å²) in [6, 6.07) is 3.19. The van der Waals surface area contributed by atoms with Crippen molar-refractivity contribution in [2.75, 3.05) is 5.01 Å². The molecule has 6 heteroatoms. The first-order valence-electron chi connectivity index (χ1n) is 4.48. The van der Waals surface area contributed by atoms with E-state index in [0.29, 0.717) is 11.0 Å². The van der Waals surface area contributed by atoms with Gasteiger partial charge >= 0.3 is 0 Å². The predicted octanol–water partition coefficient (Wildman–Crippen LogP) is 1.49. The van der Waals surface area contributed by atoms with Gasteiger partial charge in [0.2, 0.25) is 0 Å². The smallest absolute Gasteiger partial charge is 0.257 e. The average molecular weight is 225 g/mol. The van der Waals surface area contributed by atoms with Crippen LogP contribution in [-0.2, 0) is 4.79 Å². The third-order valence-electron chi connectivity index (χ3n) is 2.30. The van der Waals surface area contributed by atoms with Crippen LogP contribution in [0.3, 0.4) is 0 Å². The molecule has 0 aromatic carbocycles. The Morgan fingerprint density at radius 2 is 2.13 bits per heavy atom. The van der Waals surface area contributed by atoms with Gasteiger partial charge in [0.25, 0.3) is 5.91 Å². The highest BCUT2D eigenvalue weighted by Crippen LogP contribution is 2.21. The van der Waals surface area contributed by atoms with Gasteiger partial charge in [-0.3, -0.25) is 4.79 Å². The number of hydrazone groups is 1. The second-order valence-corrected chi connectivity index (χ2v) is 3.71. The number of hydrogen-bond acceptors (Lipinski definition) is 4. The molecule has 1 aromatic heterocycles. The summed E-state index contributed by atoms with van der Waals surface area (Å²) in [7, 11) is 0. The van der Waals surface area contributed by atoms with Gasteiger partial charge in [-0.1, -0.05) is 11.6 Å². The molecule has 78 valence electrons. The van der Waals surface area contributed by atoms with E-state index in [1.165, 1.54) is 5.01 Å². The standard InChI is InChI=1S/C9H9ClN4O/c1-5-6(2)13-14(9(5)15)8-4-3-7(10)11-12-8/h3-5H,1-2H3. The van der Waals surface area contributed by atoms with Crippen molar-refractivity contribution in [2.24, 2.45) is 11.0 Å². The van der Waals surface area contributed by atoms with E-state index in [9.17, 15) is 4.79 Å². The molecule has 15 heavy (non-hydrogen) atoms. The molecule has 0 fully saturated rings. The lowest BCUT2D eigenvalue weighted by Crippen LogP contribution is -2.26. The van der Waals surface area contributed by atoms with E-state index >= 15 is 0 Å². The van der Waals surface area contributed by atoms with Crippen LogP contribution in [0.5, 0.6) is 0 Å². The van der Waals surface area contributed by atoms with E-state index in [0.717, 1.165) is 5.71 Å². The van der Waals surface area contributed by atoms with E-state index < -0.39 is 0 Å². The average Bonchev–Trinajstić information content (AvgIpc) is 2.47. The molecule has 1 amide bonds. The molecule has 5 nitrogen and oxygen atoms in total. The highest BCUT2D eigenvalue weighted by molar-refractivity contribution is 6.29. The molecular weight excluding hydrogens is 216 g/mol. The SMILES string of the molecule is CC1=NN(c2ccc(Cl)nn2)C(=O)C1C. The van der Waals surface area contributed by atoms with Crippen molar-refractivity contribution in [1.29, 1.82) is 0 Å². The maximum atomic E-state index is 11.7. The molecule has 2 rings (SSSR count). The number of halogens is 1. The number of amides is 1. The maximum Gasteiger partial charge on any atom is 0.257 e. The summed E-state index contributed by atoms with van der Waals surface area (Å²) in [5.41, 5.74) is 0.775. The van der Waals surface area contributed by atoms with E-state index in [2.05, 4.69) is 15.3 Å². The van der Waals surface area contributed by atoms with E-state index in [1.807, 2.05) is 13.8 Å². The summed E-state index contributed by atoms with van der Waals surface area (Å²) >= 11 is 5.60. The summed E-state index contributed by atoms with van der Waals surface area (Å²) in [6.45, 7) is 3.62. The number of aromatic nitrogens is 2. The fraction of sp³-hybridized carbons (Fsp3) is 0.333. The zero-order valence-corrected chi connectivity index (χ0v) is 9.06. The van der Waals surface area contributed by atoms with Crippen LogP contribution in [0.15, 0.2) is 17.2 Å². The molecule has 2 heterocycles. The van der Waals surface area contributed by atoms with Gasteiger partial charge in [-0.2, -0.15) is 10.1 Å². The minimum Gasteiger partial charge on any atom is -0.272 e. The Balaban J connectivity index is 2.33. The van der Waals surface area contributed by atoms with E-state index in [1.54, 1.807) is 12.1 Å². The van der Waals surface area contributed by atoms with Gasteiger partial charge in [-0.15, -0.1) is 10.2 Å². The molecule has 1 aliphatic rings. The molecule has 1 atom stereocenters. The Labute approximate surface area is 91.7 Å². The highest BCUT2D eigenvalue weighted by atomic mass is 35.5. The molecule has 0 aliphatic carbocycles. The van der Waals surface area contributed by atoms with Gasteiger partial charge in [0, 0.05) is 5.71 Å². The Hall–Kier alpha value is -1.49. The van der Waals surface area contributed by atoms with Crippen LogP contribution in [0.2, 0.25) is 5.15 Å². The van der Waals surface area contributed by atoms with Gasteiger partial charge in [0.05, 0.1) is 5.92 Å². The second-order valence-electron chi connectivity index (χ2n) is 3.33. The lowest BCUT2D eigenvalue weighted by molar-refractivity contribution is -0.119. The van der Waals surface area contributed by atoms with Crippen molar-refractivity contribution in [1.82, 2.24) is 10.2 Å². The van der Waals surface area contributed by atoms with Crippen molar-refractivity contribution >= 4 is 29.0 Å². The number of carbonyl (C=O) groups excluding carboxylic acids is 1. The molecule has 0 bridgehead atoms. The number of rotatable bonds is 1. The van der Waals surface area contributed by atoms with Gasteiger partial charge in [0.1, 0.15) is 0 Å². The third kappa shape index (κ3) is 1.70. The highest BCUT2D eigenvalue weighted by Gasteiger charge is 2.31. The van der Waals surface area contributed by atoms with Crippen molar-refractivity contribution in [3.63, 3.8) is 0 Å². The summed E-state index contributed by atoms with van der Waals surface area (Å²) in [4.78, 5) is 11.7. The maximum absolute atomic E-state index is 11.7. The summed E-state index contributed by atoms with van der Waals surface area (Å²) in [5, 5.41) is 13.1. The molecule has 1 aromatic rings. The number of hydrogen-bond donors (Lipinski definition) is 0. The van der Waals surface area contributed by atoms with Crippen molar-refractivity contribution in [3.8, 4) is 0 Å². The fourth-order valence-corrected chi connectivity index (χ4v) is 1.34. The first kappa shape index (κ1) is 10.0. The molecule has 0 saturated carbocycles. The summed E-state index contributed by atoms with van der Waals surface area (Å²) in [5.74, 6) is 0.111. The molecular formula is C9H9ClN4O. The minimum atomic E-state index is -0.192. The van der Waals surface area contributed by atoms with Crippen LogP contribution in [-0.4, -0.2) is 21.8 Å².